The van der Waals surface area contributed by atoms with Crippen LogP contribution in [0.25, 0.3) is 11.2 Å². The number of nitrogens with zero attached hydrogens (tertiary/aromatic N) is 3. The van der Waals surface area contributed by atoms with Gasteiger partial charge in [-0.2, -0.15) is 0 Å². The topological polar surface area (TPSA) is 119 Å². The normalized spacial score (nSPS) is 26.9. The van der Waals surface area contributed by atoms with Crippen LogP contribution in [0.1, 0.15) is 64.1 Å². The molecule has 3 atom stereocenters. The second-order valence-corrected chi connectivity index (χ2v) is 8.97. The maximum absolute atomic E-state index is 12.9. The zero-order chi connectivity index (χ0) is 20.7. The van der Waals surface area contributed by atoms with Crippen molar-refractivity contribution in [2.75, 3.05) is 0 Å². The number of rotatable bonds is 7. The number of aromatic nitrogens is 4. The van der Waals surface area contributed by atoms with E-state index in [1.54, 1.807) is 4.57 Å². The van der Waals surface area contributed by atoms with Gasteiger partial charge in [-0.1, -0.05) is 13.8 Å². The van der Waals surface area contributed by atoms with E-state index in [1.165, 1.54) is 4.57 Å². The third-order valence-corrected chi connectivity index (χ3v) is 6.81. The maximum atomic E-state index is 12.9. The van der Waals surface area contributed by atoms with Crippen LogP contribution in [-0.4, -0.2) is 30.1 Å². The van der Waals surface area contributed by atoms with Crippen molar-refractivity contribution in [1.82, 2.24) is 19.1 Å². The summed E-state index contributed by atoms with van der Waals surface area (Å²) < 4.78 is 19.3. The lowest BCUT2D eigenvalue weighted by Crippen LogP contribution is -2.40. The van der Waals surface area contributed by atoms with Gasteiger partial charge in [0.25, 0.3) is 5.56 Å². The molecule has 2 aromatic heterocycles. The molecule has 2 heterocycles. The van der Waals surface area contributed by atoms with Crippen molar-refractivity contribution in [3.05, 3.63) is 26.7 Å². The Hall–Kier alpha value is -1.83. The van der Waals surface area contributed by atoms with Crippen LogP contribution in [0, 0.1) is 11.8 Å². The van der Waals surface area contributed by atoms with Gasteiger partial charge in [-0.15, -0.1) is 9.42 Å². The first kappa shape index (κ1) is 20.4. The van der Waals surface area contributed by atoms with Crippen LogP contribution in [0.2, 0.25) is 0 Å². The summed E-state index contributed by atoms with van der Waals surface area (Å²) in [5.74, 6) is 1.29. The molecule has 0 aliphatic heterocycles. The van der Waals surface area contributed by atoms with Crippen LogP contribution in [0.5, 0.6) is 0 Å². The average Bonchev–Trinajstić information content (AvgIpc) is 3.20. The Morgan fingerprint density at radius 2 is 1.76 bits per heavy atom. The van der Waals surface area contributed by atoms with E-state index in [0.717, 1.165) is 37.9 Å². The van der Waals surface area contributed by atoms with Crippen molar-refractivity contribution in [2.45, 2.75) is 77.5 Å². The second kappa shape index (κ2) is 8.13. The quantitative estimate of drug-likeness (QED) is 0.661. The van der Waals surface area contributed by atoms with Gasteiger partial charge < -0.3 is 4.98 Å². The predicted molar refractivity (Wildman–Crippen MR) is 108 cm³/mol. The summed E-state index contributed by atoms with van der Waals surface area (Å²) in [6.45, 7) is 4.83. The molecule has 2 aliphatic rings. The van der Waals surface area contributed by atoms with E-state index in [-0.39, 0.29) is 35.1 Å². The number of aromatic amines is 1. The van der Waals surface area contributed by atoms with Crippen molar-refractivity contribution < 1.29 is 14.0 Å². The molecule has 0 amide bonds. The van der Waals surface area contributed by atoms with E-state index in [4.69, 9.17) is 14.4 Å². The Labute approximate surface area is 169 Å². The molecule has 2 aromatic rings. The molecule has 0 saturated heterocycles. The number of nitrogens with one attached hydrogen (secondary N) is 1. The number of imidazole rings is 1. The summed E-state index contributed by atoms with van der Waals surface area (Å²) in [7, 11) is -2.60. The maximum Gasteiger partial charge on any atom is 0.695 e. The van der Waals surface area contributed by atoms with Crippen LogP contribution in [0.4, 0.5) is 0 Å². The van der Waals surface area contributed by atoms with Crippen LogP contribution >= 0.6 is 8.25 Å². The van der Waals surface area contributed by atoms with E-state index in [9.17, 15) is 14.2 Å². The molecule has 2 aliphatic carbocycles. The van der Waals surface area contributed by atoms with Gasteiger partial charge >= 0.3 is 13.9 Å². The van der Waals surface area contributed by atoms with E-state index in [1.807, 2.05) is 13.8 Å². The number of hydrogen-bond donors (Lipinski definition) is 2. The number of aryl methyl sites for hydroxylation is 1. The van der Waals surface area contributed by atoms with Gasteiger partial charge in [0.05, 0.1) is 0 Å². The highest BCUT2D eigenvalue weighted by molar-refractivity contribution is 7.32. The van der Waals surface area contributed by atoms with Crippen molar-refractivity contribution in [1.29, 1.82) is 0 Å². The third kappa shape index (κ3) is 3.60. The molecule has 158 valence electrons. The molecule has 3 unspecified atom stereocenters. The lowest BCUT2D eigenvalue weighted by molar-refractivity contribution is 0.0698. The van der Waals surface area contributed by atoms with Crippen molar-refractivity contribution in [2.24, 2.45) is 11.8 Å². The fraction of sp³-hybridized carbons (Fsp3) is 0.737. The first-order chi connectivity index (χ1) is 13.9. The molecule has 4 rings (SSSR count). The van der Waals surface area contributed by atoms with E-state index in [0.29, 0.717) is 30.7 Å². The fourth-order valence-corrected chi connectivity index (χ4v) is 5.75. The minimum absolute atomic E-state index is 0.125. The smallest absolute Gasteiger partial charge is 0.336 e. The zero-order valence-corrected chi connectivity index (χ0v) is 17.7. The van der Waals surface area contributed by atoms with Crippen LogP contribution in [-0.2, 0) is 22.2 Å². The van der Waals surface area contributed by atoms with Gasteiger partial charge in [0.2, 0.25) is 0 Å². The molecule has 2 bridgehead atoms. The fourth-order valence-electron chi connectivity index (χ4n) is 5.20. The molecule has 0 radical (unpaired) electrons. The number of hydrogen-bond acceptors (Lipinski definition) is 5. The Balaban J connectivity index is 1.72. The van der Waals surface area contributed by atoms with Crippen molar-refractivity contribution >= 4 is 19.4 Å². The number of H-pyrrole nitrogens is 1. The molecule has 0 spiro atoms. The summed E-state index contributed by atoms with van der Waals surface area (Å²) in [6.07, 6.45) is 4.83. The highest BCUT2D eigenvalue weighted by atomic mass is 31.1. The summed E-state index contributed by atoms with van der Waals surface area (Å²) >= 11 is 0. The summed E-state index contributed by atoms with van der Waals surface area (Å²) in [5, 5.41) is 0. The molecule has 10 heteroatoms. The Morgan fingerprint density at radius 1 is 1.14 bits per heavy atom. The third-order valence-electron chi connectivity index (χ3n) is 6.38. The summed E-state index contributed by atoms with van der Waals surface area (Å²) in [6, 6.07) is 0. The average molecular weight is 423 g/mol. The van der Waals surface area contributed by atoms with Gasteiger partial charge in [0, 0.05) is 23.6 Å². The van der Waals surface area contributed by atoms with E-state index < -0.39 is 8.25 Å². The minimum atomic E-state index is -2.60. The van der Waals surface area contributed by atoms with Crippen LogP contribution in [0.15, 0.2) is 9.59 Å². The van der Waals surface area contributed by atoms with E-state index >= 15 is 0 Å². The molecule has 9 nitrogen and oxygen atoms in total. The van der Waals surface area contributed by atoms with Gasteiger partial charge in [0.15, 0.2) is 5.65 Å². The first-order valence-corrected chi connectivity index (χ1v) is 11.6. The Morgan fingerprint density at radius 3 is 2.34 bits per heavy atom. The lowest BCUT2D eigenvalue weighted by Gasteiger charge is -2.30. The number of fused-ring (bicyclic) bond motifs is 3. The Kier molecular flexibility index (Phi) is 5.73. The highest BCUT2D eigenvalue weighted by Crippen LogP contribution is 2.51. The molecular weight excluding hydrogens is 395 g/mol. The first-order valence-electron chi connectivity index (χ1n) is 10.5. The van der Waals surface area contributed by atoms with Crippen molar-refractivity contribution in [3.8, 4) is 0 Å². The summed E-state index contributed by atoms with van der Waals surface area (Å²) in [5.41, 5.74) is 0.224. The van der Waals surface area contributed by atoms with E-state index in [2.05, 4.69) is 4.98 Å². The Bertz CT molecular complexity index is 1030. The monoisotopic (exact) mass is 423 g/mol. The standard InChI is InChI=1S/C19H27N4O5P/c1-3-7-22-17-14(18(24)23(8-4-2)19(22)25)20-16(21-17)13-9-11-5-6-12(10-13)15(11)28-29(26)27/h11-13,15H,3-10H2,1-2H3,(H-,20,21,24,26,27)/p+1. The van der Waals surface area contributed by atoms with Crippen molar-refractivity contribution in [3.63, 3.8) is 0 Å². The predicted octanol–water partition coefficient (Wildman–Crippen LogP) is 2.64. The molecule has 2 fully saturated rings. The van der Waals surface area contributed by atoms with Gasteiger partial charge in [-0.05, 0) is 50.4 Å². The molecule has 0 aromatic carbocycles. The van der Waals surface area contributed by atoms with Crippen LogP contribution in [0.3, 0.4) is 0 Å². The highest BCUT2D eigenvalue weighted by Gasteiger charge is 2.48. The molecule has 2 saturated carbocycles. The largest absolute Gasteiger partial charge is 0.695 e. The second-order valence-electron chi connectivity index (χ2n) is 8.29. The molecule has 2 N–H and O–H groups in total. The lowest BCUT2D eigenvalue weighted by atomic mass is 9.78. The molecule has 29 heavy (non-hydrogen) atoms. The van der Waals surface area contributed by atoms with Gasteiger partial charge in [-0.3, -0.25) is 13.9 Å². The summed E-state index contributed by atoms with van der Waals surface area (Å²) in [4.78, 5) is 42.8. The molecular formula is C19H28N4O5P+. The zero-order valence-electron chi connectivity index (χ0n) is 16.8. The van der Waals surface area contributed by atoms with Crippen LogP contribution < -0.4 is 11.2 Å². The SMILES string of the molecule is CCCn1c(=O)c2[nH]c(C3CC4CCC(C3)C4O[P+](=O)O)nc2n(CCC)c1=O. The van der Waals surface area contributed by atoms with Gasteiger partial charge in [-0.25, -0.2) is 9.78 Å². The van der Waals surface area contributed by atoms with Gasteiger partial charge in [0.1, 0.15) is 17.4 Å². The minimum Gasteiger partial charge on any atom is -0.336 e.